The van der Waals surface area contributed by atoms with Gasteiger partial charge in [-0.15, -0.1) is 0 Å². The molecular formula is C13H16O4S. The van der Waals surface area contributed by atoms with E-state index < -0.39 is 26.3 Å². The monoisotopic (exact) mass is 268 g/mol. The number of hydrogen-bond acceptors (Lipinski definition) is 3. The van der Waals surface area contributed by atoms with Crippen molar-refractivity contribution in [2.75, 3.05) is 0 Å². The van der Waals surface area contributed by atoms with Gasteiger partial charge in [0, 0.05) is 0 Å². The quantitative estimate of drug-likeness (QED) is 0.908. The topological polar surface area (TPSA) is 71.4 Å². The van der Waals surface area contributed by atoms with Gasteiger partial charge in [-0.25, -0.2) is 8.42 Å². The number of sulfone groups is 1. The summed E-state index contributed by atoms with van der Waals surface area (Å²) in [6, 6.07) is 8.19. The number of carboxylic acid groups (broad SMARTS) is 1. The minimum atomic E-state index is -3.65. The van der Waals surface area contributed by atoms with Crippen LogP contribution in [0.4, 0.5) is 0 Å². The molecule has 98 valence electrons. The molecule has 0 heterocycles. The fourth-order valence-electron chi connectivity index (χ4n) is 2.51. The molecule has 1 aromatic rings. The van der Waals surface area contributed by atoms with E-state index in [1.165, 1.54) is 0 Å². The summed E-state index contributed by atoms with van der Waals surface area (Å²) < 4.78 is 24.8. The molecule has 5 heteroatoms. The molecule has 0 spiro atoms. The Labute approximate surface area is 107 Å². The van der Waals surface area contributed by atoms with Crippen molar-refractivity contribution in [2.24, 2.45) is 0 Å². The zero-order chi connectivity index (χ0) is 13.2. The highest BCUT2D eigenvalue weighted by molar-refractivity contribution is 7.93. The van der Waals surface area contributed by atoms with E-state index in [9.17, 15) is 18.3 Å². The summed E-state index contributed by atoms with van der Waals surface area (Å²) in [7, 11) is -3.65. The molecule has 0 saturated heterocycles. The van der Waals surface area contributed by atoms with Crippen molar-refractivity contribution in [1.82, 2.24) is 0 Å². The molecule has 1 aliphatic rings. The average molecular weight is 268 g/mol. The van der Waals surface area contributed by atoms with Crippen LogP contribution < -0.4 is 0 Å². The van der Waals surface area contributed by atoms with Gasteiger partial charge in [-0.1, -0.05) is 43.2 Å². The Morgan fingerprint density at radius 1 is 1.17 bits per heavy atom. The molecule has 0 aromatic heterocycles. The molecule has 1 N–H and O–H groups in total. The summed E-state index contributed by atoms with van der Waals surface area (Å²) in [6.45, 7) is 0. The Balaban J connectivity index is 2.39. The van der Waals surface area contributed by atoms with E-state index in [1.807, 2.05) is 0 Å². The number of carbonyl (C=O) groups is 1. The van der Waals surface area contributed by atoms with Gasteiger partial charge in [0.2, 0.25) is 0 Å². The van der Waals surface area contributed by atoms with E-state index >= 15 is 0 Å². The molecule has 1 atom stereocenters. The summed E-state index contributed by atoms with van der Waals surface area (Å²) in [5.41, 5.74) is 0.344. The maximum Gasteiger partial charge on any atom is 0.326 e. The fraction of sp³-hybridized carbons (Fsp3) is 0.462. The van der Waals surface area contributed by atoms with Crippen LogP contribution in [-0.4, -0.2) is 24.7 Å². The van der Waals surface area contributed by atoms with E-state index in [-0.39, 0.29) is 0 Å². The van der Waals surface area contributed by atoms with Crippen molar-refractivity contribution in [2.45, 2.75) is 36.2 Å². The number of aliphatic carboxylic acids is 1. The molecule has 0 aliphatic heterocycles. The highest BCUT2D eigenvalue weighted by Crippen LogP contribution is 2.34. The van der Waals surface area contributed by atoms with Crippen LogP contribution in [-0.2, 0) is 14.6 Å². The predicted molar refractivity (Wildman–Crippen MR) is 68.0 cm³/mol. The molecule has 1 fully saturated rings. The van der Waals surface area contributed by atoms with Crippen LogP contribution in [0.15, 0.2) is 30.3 Å². The molecule has 4 nitrogen and oxygen atoms in total. The second-order valence-corrected chi connectivity index (χ2v) is 6.94. The lowest BCUT2D eigenvalue weighted by molar-refractivity contribution is -0.136. The standard InChI is InChI=1S/C13H16O4S/c14-13(15)12(10-6-2-1-3-7-10)18(16,17)11-8-4-5-9-11/h1-3,6-7,11-12H,4-5,8-9H2,(H,14,15). The Hall–Kier alpha value is -1.36. The van der Waals surface area contributed by atoms with Crippen molar-refractivity contribution >= 4 is 15.8 Å². The molecule has 18 heavy (non-hydrogen) atoms. The minimum absolute atomic E-state index is 0.344. The van der Waals surface area contributed by atoms with Gasteiger partial charge in [0.1, 0.15) is 0 Å². The van der Waals surface area contributed by atoms with Gasteiger partial charge in [-0.2, -0.15) is 0 Å². The van der Waals surface area contributed by atoms with Gasteiger partial charge in [0.05, 0.1) is 5.25 Å². The predicted octanol–water partition coefficient (Wildman–Crippen LogP) is 2.17. The number of carboxylic acids is 1. The van der Waals surface area contributed by atoms with E-state index in [1.54, 1.807) is 30.3 Å². The zero-order valence-corrected chi connectivity index (χ0v) is 10.8. The molecule has 1 aliphatic carbocycles. The van der Waals surface area contributed by atoms with Gasteiger partial charge in [-0.3, -0.25) is 4.79 Å². The Bertz CT molecular complexity index is 515. The Kier molecular flexibility index (Phi) is 3.71. The van der Waals surface area contributed by atoms with Crippen molar-refractivity contribution in [3.63, 3.8) is 0 Å². The molecule has 2 rings (SSSR count). The van der Waals surface area contributed by atoms with E-state index in [2.05, 4.69) is 0 Å². The largest absolute Gasteiger partial charge is 0.480 e. The Morgan fingerprint density at radius 2 is 1.72 bits per heavy atom. The maximum atomic E-state index is 12.4. The highest BCUT2D eigenvalue weighted by Gasteiger charge is 2.40. The van der Waals surface area contributed by atoms with Crippen molar-refractivity contribution in [3.8, 4) is 0 Å². The van der Waals surface area contributed by atoms with Crippen molar-refractivity contribution in [1.29, 1.82) is 0 Å². The van der Waals surface area contributed by atoms with Gasteiger partial charge in [-0.05, 0) is 18.4 Å². The lowest BCUT2D eigenvalue weighted by Crippen LogP contribution is -2.30. The van der Waals surface area contributed by atoms with Crippen molar-refractivity contribution in [3.05, 3.63) is 35.9 Å². The van der Waals surface area contributed by atoms with Crippen LogP contribution >= 0.6 is 0 Å². The maximum absolute atomic E-state index is 12.4. The minimum Gasteiger partial charge on any atom is -0.480 e. The first-order valence-electron chi connectivity index (χ1n) is 6.04. The van der Waals surface area contributed by atoms with Gasteiger partial charge in [0.15, 0.2) is 15.1 Å². The molecule has 0 bridgehead atoms. The van der Waals surface area contributed by atoms with Crippen LogP contribution in [0.25, 0.3) is 0 Å². The van der Waals surface area contributed by atoms with Crippen LogP contribution in [0.1, 0.15) is 36.5 Å². The Morgan fingerprint density at radius 3 is 2.22 bits per heavy atom. The van der Waals surface area contributed by atoms with Gasteiger partial charge >= 0.3 is 5.97 Å². The van der Waals surface area contributed by atoms with Gasteiger partial charge in [0.25, 0.3) is 0 Å². The third-order valence-electron chi connectivity index (χ3n) is 3.42. The molecule has 1 unspecified atom stereocenters. The SMILES string of the molecule is O=C(O)C(c1ccccc1)S(=O)(=O)C1CCCC1. The lowest BCUT2D eigenvalue weighted by Gasteiger charge is -2.18. The highest BCUT2D eigenvalue weighted by atomic mass is 32.2. The third kappa shape index (κ3) is 2.41. The lowest BCUT2D eigenvalue weighted by atomic mass is 10.1. The van der Waals surface area contributed by atoms with Crippen molar-refractivity contribution < 1.29 is 18.3 Å². The molecule has 0 radical (unpaired) electrons. The van der Waals surface area contributed by atoms with Gasteiger partial charge < -0.3 is 5.11 Å². The first-order valence-corrected chi connectivity index (χ1v) is 7.65. The second kappa shape index (κ2) is 5.10. The number of rotatable bonds is 4. The van der Waals surface area contributed by atoms with Crippen LogP contribution in [0.2, 0.25) is 0 Å². The summed E-state index contributed by atoms with van der Waals surface area (Å²) in [5.74, 6) is -1.28. The smallest absolute Gasteiger partial charge is 0.326 e. The number of benzene rings is 1. The van der Waals surface area contributed by atoms with E-state index in [0.29, 0.717) is 18.4 Å². The first-order chi connectivity index (χ1) is 8.53. The molecule has 1 saturated carbocycles. The van der Waals surface area contributed by atoms with Crippen LogP contribution in [0.3, 0.4) is 0 Å². The summed E-state index contributed by atoms with van der Waals surface area (Å²) in [4.78, 5) is 11.3. The zero-order valence-electron chi connectivity index (χ0n) is 9.95. The molecule has 0 amide bonds. The normalized spacial score (nSPS) is 18.7. The van der Waals surface area contributed by atoms with Crippen LogP contribution in [0, 0.1) is 0 Å². The van der Waals surface area contributed by atoms with E-state index in [4.69, 9.17) is 0 Å². The first kappa shape index (κ1) is 13.1. The van der Waals surface area contributed by atoms with Crippen LogP contribution in [0.5, 0.6) is 0 Å². The molecular weight excluding hydrogens is 252 g/mol. The fourth-order valence-corrected chi connectivity index (χ4v) is 4.70. The summed E-state index contributed by atoms with van der Waals surface area (Å²) in [6.07, 6.45) is 2.90. The summed E-state index contributed by atoms with van der Waals surface area (Å²) >= 11 is 0. The van der Waals surface area contributed by atoms with E-state index in [0.717, 1.165) is 12.8 Å². The third-order valence-corrected chi connectivity index (χ3v) is 5.95. The second-order valence-electron chi connectivity index (χ2n) is 4.62. The average Bonchev–Trinajstić information content (AvgIpc) is 2.83. The molecule has 1 aromatic carbocycles. The number of hydrogen-bond donors (Lipinski definition) is 1. The summed E-state index contributed by atoms with van der Waals surface area (Å²) in [5, 5.41) is 7.31.